The number of carbonyl (C=O) groups is 5. The summed E-state index contributed by atoms with van der Waals surface area (Å²) in [5.41, 5.74) is 1.33. The zero-order valence-corrected chi connectivity index (χ0v) is 19.9. The summed E-state index contributed by atoms with van der Waals surface area (Å²) in [7, 11) is 0. The number of hydrogen-bond donors (Lipinski definition) is 3. The van der Waals surface area contributed by atoms with E-state index in [1.807, 2.05) is 6.92 Å². The molecule has 0 radical (unpaired) electrons. The van der Waals surface area contributed by atoms with Crippen LogP contribution in [-0.4, -0.2) is 44.2 Å². The summed E-state index contributed by atoms with van der Waals surface area (Å²) in [6, 6.07) is 11.5. The molecule has 0 unspecified atom stereocenters. The third-order valence-corrected chi connectivity index (χ3v) is 6.97. The van der Waals surface area contributed by atoms with Crippen LogP contribution in [0.3, 0.4) is 0 Å². The molecule has 5 rings (SSSR count). The van der Waals surface area contributed by atoms with E-state index in [4.69, 9.17) is 11.6 Å². The molecule has 4 aromatic rings. The lowest BCUT2D eigenvalue weighted by atomic mass is 9.71. The summed E-state index contributed by atoms with van der Waals surface area (Å²) >= 11 is 6.09. The largest absolute Gasteiger partial charge is 0.477 e. The summed E-state index contributed by atoms with van der Waals surface area (Å²) in [5, 5.41) is 10.8. The minimum Gasteiger partial charge on any atom is -0.477 e. The Bertz CT molecular complexity index is 1580. The molecule has 8 nitrogen and oxygen atoms in total. The first kappa shape index (κ1) is 23.7. The number of aryl methyl sites for hydroxylation is 1. The van der Waals surface area contributed by atoms with Crippen LogP contribution < -0.4 is 0 Å². The minimum atomic E-state index is -1.86. The van der Waals surface area contributed by atoms with Crippen LogP contribution in [0.2, 0.25) is 5.02 Å². The van der Waals surface area contributed by atoms with Gasteiger partial charge in [0, 0.05) is 38.1 Å². The van der Waals surface area contributed by atoms with Gasteiger partial charge in [0.25, 0.3) is 0 Å². The highest BCUT2D eigenvalue weighted by Crippen LogP contribution is 2.40. The number of hydrogen-bond acceptors (Lipinski definition) is 5. The van der Waals surface area contributed by atoms with Crippen molar-refractivity contribution in [2.75, 3.05) is 0 Å². The van der Waals surface area contributed by atoms with Gasteiger partial charge in [-0.3, -0.25) is 19.2 Å². The number of unbranched alkanes of at least 4 members (excludes halogenated alkanes) is 1. The normalized spacial score (nSPS) is 18.5. The van der Waals surface area contributed by atoms with Gasteiger partial charge in [-0.15, -0.1) is 0 Å². The van der Waals surface area contributed by atoms with Crippen LogP contribution in [0, 0.1) is 0 Å². The van der Waals surface area contributed by atoms with E-state index in [1.54, 1.807) is 24.3 Å². The monoisotopic (exact) mass is 504 g/mol. The second-order valence-electron chi connectivity index (χ2n) is 8.90. The zero-order valence-electron chi connectivity index (χ0n) is 19.2. The molecule has 3 N–H and O–H groups in total. The first-order chi connectivity index (χ1) is 17.2. The summed E-state index contributed by atoms with van der Waals surface area (Å²) in [6.07, 6.45) is 2.17. The molecule has 0 aliphatic heterocycles. The molecule has 2 aromatic heterocycles. The highest BCUT2D eigenvalue weighted by atomic mass is 35.5. The van der Waals surface area contributed by atoms with Gasteiger partial charge < -0.3 is 15.1 Å². The maximum Gasteiger partial charge on any atom is 0.352 e. The van der Waals surface area contributed by atoms with Crippen molar-refractivity contribution in [3.63, 3.8) is 0 Å². The number of carboxylic acids is 1. The van der Waals surface area contributed by atoms with Crippen molar-refractivity contribution in [2.45, 2.75) is 38.0 Å². The molecule has 0 spiro atoms. The molecule has 182 valence electrons. The van der Waals surface area contributed by atoms with Gasteiger partial charge in [-0.05, 0) is 42.7 Å². The van der Waals surface area contributed by atoms with Gasteiger partial charge in [0.05, 0.1) is 0 Å². The third-order valence-electron chi connectivity index (χ3n) is 6.73. The van der Waals surface area contributed by atoms with Gasteiger partial charge in [0.2, 0.25) is 23.1 Å². The molecule has 2 heterocycles. The Hall–Kier alpha value is -4.04. The number of carboxylic acid groups (broad SMARTS) is 1. The summed E-state index contributed by atoms with van der Waals surface area (Å²) < 4.78 is 0. The van der Waals surface area contributed by atoms with Crippen molar-refractivity contribution in [3.05, 3.63) is 70.0 Å². The van der Waals surface area contributed by atoms with Crippen molar-refractivity contribution in [2.24, 2.45) is 0 Å². The molecule has 1 saturated carbocycles. The molecule has 0 amide bonds. The number of benzene rings is 2. The van der Waals surface area contributed by atoms with Crippen LogP contribution in [-0.2, 0) is 25.6 Å². The average molecular weight is 505 g/mol. The fourth-order valence-corrected chi connectivity index (χ4v) is 5.26. The van der Waals surface area contributed by atoms with E-state index in [2.05, 4.69) is 9.97 Å². The topological polar surface area (TPSA) is 137 Å². The van der Waals surface area contributed by atoms with E-state index >= 15 is 0 Å². The Labute approximate surface area is 209 Å². The maximum atomic E-state index is 13.5. The van der Waals surface area contributed by atoms with Crippen molar-refractivity contribution < 1.29 is 29.1 Å². The van der Waals surface area contributed by atoms with E-state index in [0.717, 1.165) is 12.8 Å². The lowest BCUT2D eigenvalue weighted by Crippen LogP contribution is -2.46. The SMILES string of the molecule is CCCCc1[nH]c2ccccc2c1C1C(=O)C(=O)C(c2c(C(=O)O)[nH]c3ccc(Cl)cc23)C(=O)C1=O. The molecule has 0 saturated heterocycles. The number of ketones is 4. The quantitative estimate of drug-likeness (QED) is 0.261. The van der Waals surface area contributed by atoms with Gasteiger partial charge in [-0.1, -0.05) is 43.1 Å². The predicted molar refractivity (Wildman–Crippen MR) is 133 cm³/mol. The number of aromatic carboxylic acids is 1. The number of aromatic amines is 2. The number of para-hydroxylation sites is 1. The van der Waals surface area contributed by atoms with Gasteiger partial charge in [0.1, 0.15) is 17.5 Å². The lowest BCUT2D eigenvalue weighted by Gasteiger charge is -2.25. The highest BCUT2D eigenvalue weighted by molar-refractivity contribution is 6.64. The van der Waals surface area contributed by atoms with E-state index in [0.29, 0.717) is 34.1 Å². The van der Waals surface area contributed by atoms with E-state index < -0.39 is 46.6 Å². The van der Waals surface area contributed by atoms with E-state index in [-0.39, 0.29) is 16.0 Å². The van der Waals surface area contributed by atoms with Gasteiger partial charge in [0.15, 0.2) is 0 Å². The molecule has 0 bridgehead atoms. The molecule has 9 heteroatoms. The van der Waals surface area contributed by atoms with Crippen LogP contribution in [0.1, 0.15) is 58.9 Å². The molecular weight excluding hydrogens is 484 g/mol. The van der Waals surface area contributed by atoms with Crippen molar-refractivity contribution in [1.29, 1.82) is 0 Å². The van der Waals surface area contributed by atoms with E-state index in [1.165, 1.54) is 18.2 Å². The summed E-state index contributed by atoms with van der Waals surface area (Å²) in [4.78, 5) is 71.9. The van der Waals surface area contributed by atoms with Crippen LogP contribution in [0.4, 0.5) is 0 Å². The number of rotatable bonds is 6. The third kappa shape index (κ3) is 3.56. The summed E-state index contributed by atoms with van der Waals surface area (Å²) in [6.45, 7) is 2.00. The molecular formula is C27H21ClN2O6. The van der Waals surface area contributed by atoms with Crippen LogP contribution in [0.15, 0.2) is 42.5 Å². The van der Waals surface area contributed by atoms with Crippen molar-refractivity contribution >= 4 is 62.5 Å². The van der Waals surface area contributed by atoms with Crippen LogP contribution in [0.25, 0.3) is 21.8 Å². The molecule has 0 atom stereocenters. The predicted octanol–water partition coefficient (Wildman–Crippen LogP) is 4.50. The first-order valence-corrected chi connectivity index (χ1v) is 11.9. The average Bonchev–Trinajstić information content (AvgIpc) is 3.40. The number of fused-ring (bicyclic) bond motifs is 2. The highest BCUT2D eigenvalue weighted by Gasteiger charge is 2.52. The fourth-order valence-electron chi connectivity index (χ4n) is 5.08. The lowest BCUT2D eigenvalue weighted by molar-refractivity contribution is -0.150. The van der Waals surface area contributed by atoms with Gasteiger partial charge >= 0.3 is 5.97 Å². The number of nitrogens with one attached hydrogen (secondary N) is 2. The maximum absolute atomic E-state index is 13.5. The number of halogens is 1. The van der Waals surface area contributed by atoms with Crippen molar-refractivity contribution in [1.82, 2.24) is 9.97 Å². The van der Waals surface area contributed by atoms with Gasteiger partial charge in [-0.25, -0.2) is 4.79 Å². The number of carbonyl (C=O) groups excluding carboxylic acids is 4. The second-order valence-corrected chi connectivity index (χ2v) is 9.33. The Balaban J connectivity index is 1.67. The second kappa shape index (κ2) is 8.87. The Kier molecular flexibility index (Phi) is 5.84. The zero-order chi connectivity index (χ0) is 25.7. The molecule has 1 aliphatic carbocycles. The standard InChI is InChI=1S/C27H21ClN2O6/c1-2-3-7-17-18(13-6-4-5-8-15(13)29-17)20-23(31)25(33)21(26(34)24(20)32)19-14-11-12(28)9-10-16(14)30-22(19)27(35)36/h4-6,8-11,20-21,29-30H,2-3,7H2,1H3,(H,35,36). The fraction of sp³-hybridized carbons (Fsp3) is 0.222. The number of H-pyrrole nitrogens is 2. The Morgan fingerprint density at radius 3 is 2.11 bits per heavy atom. The molecule has 1 fully saturated rings. The van der Waals surface area contributed by atoms with Gasteiger partial charge in [-0.2, -0.15) is 0 Å². The van der Waals surface area contributed by atoms with Crippen LogP contribution >= 0.6 is 11.6 Å². The first-order valence-electron chi connectivity index (χ1n) is 11.5. The van der Waals surface area contributed by atoms with Crippen molar-refractivity contribution in [3.8, 4) is 0 Å². The molecule has 1 aliphatic rings. The smallest absolute Gasteiger partial charge is 0.352 e. The number of aromatic nitrogens is 2. The molecule has 36 heavy (non-hydrogen) atoms. The minimum absolute atomic E-state index is 0.196. The van der Waals surface area contributed by atoms with E-state index in [9.17, 15) is 29.1 Å². The van der Waals surface area contributed by atoms with Crippen LogP contribution in [0.5, 0.6) is 0 Å². The molecule has 2 aromatic carbocycles. The Morgan fingerprint density at radius 1 is 0.861 bits per heavy atom. The summed E-state index contributed by atoms with van der Waals surface area (Å²) in [5.74, 6) is -9.15. The number of Topliss-reactive ketones (excluding diaryl/α,β-unsaturated/α-hetero) is 4. The Morgan fingerprint density at radius 2 is 1.47 bits per heavy atom.